The molecule has 138 valence electrons. The van der Waals surface area contributed by atoms with E-state index in [0.29, 0.717) is 17.5 Å². The molecule has 3 N–H and O–H groups in total. The number of ether oxygens (including phenoxy) is 1. The Balaban J connectivity index is 1.55. The van der Waals surface area contributed by atoms with Crippen molar-refractivity contribution in [2.24, 2.45) is 23.5 Å². The Labute approximate surface area is 141 Å². The molecule has 0 saturated heterocycles. The summed E-state index contributed by atoms with van der Waals surface area (Å²) in [6.07, 6.45) is 0.457. The molecular formula is C16H19F4N3O2. The molecule has 2 bridgehead atoms. The molecule has 4 unspecified atom stereocenters. The number of pyridine rings is 1. The minimum absolute atomic E-state index is 0.147. The van der Waals surface area contributed by atoms with E-state index in [2.05, 4.69) is 15.0 Å². The highest BCUT2D eigenvalue weighted by atomic mass is 19.3. The number of hydrogen-bond donors (Lipinski definition) is 2. The first-order valence-electron chi connectivity index (χ1n) is 8.09. The first kappa shape index (κ1) is 17.9. The average molecular weight is 361 g/mol. The van der Waals surface area contributed by atoms with Gasteiger partial charge < -0.3 is 15.8 Å². The van der Waals surface area contributed by atoms with E-state index < -0.39 is 19.0 Å². The molecule has 0 radical (unpaired) electrons. The number of anilines is 1. The summed E-state index contributed by atoms with van der Waals surface area (Å²) in [6.45, 7) is -1.47. The predicted molar refractivity (Wildman–Crippen MR) is 81.6 cm³/mol. The Hall–Kier alpha value is -1.90. The Morgan fingerprint density at radius 1 is 1.36 bits per heavy atom. The van der Waals surface area contributed by atoms with E-state index in [9.17, 15) is 22.4 Å². The van der Waals surface area contributed by atoms with Crippen molar-refractivity contribution in [2.75, 3.05) is 11.9 Å². The summed E-state index contributed by atoms with van der Waals surface area (Å²) in [6, 6.07) is 2.50. The second-order valence-electron chi connectivity index (χ2n) is 6.66. The van der Waals surface area contributed by atoms with Crippen molar-refractivity contribution in [1.29, 1.82) is 0 Å². The highest BCUT2D eigenvalue weighted by Crippen LogP contribution is 2.47. The van der Waals surface area contributed by atoms with Gasteiger partial charge in [0, 0.05) is 12.1 Å². The maximum absolute atomic E-state index is 12.8. The van der Waals surface area contributed by atoms with E-state index in [1.807, 2.05) is 0 Å². The summed E-state index contributed by atoms with van der Waals surface area (Å²) in [5.41, 5.74) is 6.49. The SMILES string of the molecule is NC1C2CCC(C2)C1C(=O)Nc1ccc(OCC(F)(F)C(F)F)nc1. The van der Waals surface area contributed by atoms with Crippen LogP contribution in [0.25, 0.3) is 0 Å². The fraction of sp³-hybridized carbons (Fsp3) is 0.625. The maximum Gasteiger partial charge on any atom is 0.340 e. The number of nitrogens with zero attached hydrogens (tertiary/aromatic N) is 1. The molecule has 0 spiro atoms. The van der Waals surface area contributed by atoms with Gasteiger partial charge in [0.05, 0.1) is 17.8 Å². The molecule has 5 nitrogen and oxygen atoms in total. The summed E-state index contributed by atoms with van der Waals surface area (Å²) < 4.78 is 54.3. The standard InChI is InChI=1S/C16H19F4N3O2/c17-15(18)16(19,20)7-25-11-4-3-10(6-22-11)23-14(24)12-8-1-2-9(5-8)13(12)21/h3-4,6,8-9,12-13,15H,1-2,5,7,21H2,(H,23,24). The Kier molecular flexibility index (Phi) is 4.86. The molecule has 25 heavy (non-hydrogen) atoms. The van der Waals surface area contributed by atoms with Crippen molar-refractivity contribution in [3.63, 3.8) is 0 Å². The molecule has 1 heterocycles. The predicted octanol–water partition coefficient (Wildman–Crippen LogP) is 2.67. The monoisotopic (exact) mass is 361 g/mol. The van der Waals surface area contributed by atoms with Crippen molar-refractivity contribution in [1.82, 2.24) is 4.98 Å². The summed E-state index contributed by atoms with van der Waals surface area (Å²) in [4.78, 5) is 16.1. The van der Waals surface area contributed by atoms with Crippen LogP contribution in [0.1, 0.15) is 19.3 Å². The fourth-order valence-electron chi connectivity index (χ4n) is 3.72. The van der Waals surface area contributed by atoms with Crippen molar-refractivity contribution >= 4 is 11.6 Å². The van der Waals surface area contributed by atoms with Crippen LogP contribution in [0, 0.1) is 17.8 Å². The van der Waals surface area contributed by atoms with Crippen LogP contribution in [0.5, 0.6) is 5.88 Å². The van der Waals surface area contributed by atoms with E-state index in [4.69, 9.17) is 5.73 Å². The molecule has 1 amide bonds. The number of aromatic nitrogens is 1. The first-order chi connectivity index (χ1) is 11.8. The summed E-state index contributed by atoms with van der Waals surface area (Å²) in [5, 5.41) is 2.71. The number of halogens is 4. The molecule has 2 fully saturated rings. The van der Waals surface area contributed by atoms with Crippen molar-refractivity contribution < 1.29 is 27.1 Å². The minimum Gasteiger partial charge on any atom is -0.471 e. The third-order valence-corrected chi connectivity index (χ3v) is 5.02. The molecule has 2 aliphatic rings. The first-order valence-corrected chi connectivity index (χ1v) is 8.09. The molecule has 1 aromatic heterocycles. The molecule has 2 aliphatic carbocycles. The lowest BCUT2D eigenvalue weighted by atomic mass is 9.84. The molecule has 1 aromatic rings. The summed E-state index contributed by atoms with van der Waals surface area (Å²) in [5.74, 6) is -4.20. The maximum atomic E-state index is 12.8. The van der Waals surface area contributed by atoms with Gasteiger partial charge in [-0.15, -0.1) is 0 Å². The van der Waals surface area contributed by atoms with Crippen LogP contribution in [-0.4, -0.2) is 35.9 Å². The van der Waals surface area contributed by atoms with Crippen molar-refractivity contribution in [3.8, 4) is 5.88 Å². The van der Waals surface area contributed by atoms with Gasteiger partial charge in [-0.2, -0.15) is 8.78 Å². The van der Waals surface area contributed by atoms with Gasteiger partial charge in [0.1, 0.15) is 0 Å². The van der Waals surface area contributed by atoms with Gasteiger partial charge in [0.25, 0.3) is 0 Å². The van der Waals surface area contributed by atoms with Gasteiger partial charge in [-0.3, -0.25) is 4.79 Å². The number of hydrogen-bond acceptors (Lipinski definition) is 4. The highest BCUT2D eigenvalue weighted by molar-refractivity contribution is 5.93. The van der Waals surface area contributed by atoms with E-state index in [1.165, 1.54) is 18.3 Å². The average Bonchev–Trinajstić information content (AvgIpc) is 3.15. The molecule has 3 rings (SSSR count). The zero-order valence-electron chi connectivity index (χ0n) is 13.3. The van der Waals surface area contributed by atoms with Crippen molar-refractivity contribution in [3.05, 3.63) is 18.3 Å². The van der Waals surface area contributed by atoms with Gasteiger partial charge in [-0.05, 0) is 37.2 Å². The Bertz CT molecular complexity index is 624. The largest absolute Gasteiger partial charge is 0.471 e. The molecule has 0 aromatic carbocycles. The zero-order valence-corrected chi connectivity index (χ0v) is 13.3. The van der Waals surface area contributed by atoms with Crippen LogP contribution in [0.2, 0.25) is 0 Å². The Morgan fingerprint density at radius 3 is 2.64 bits per heavy atom. The molecule has 2 saturated carbocycles. The lowest BCUT2D eigenvalue weighted by Gasteiger charge is -2.26. The molecular weight excluding hydrogens is 342 g/mol. The number of nitrogens with two attached hydrogens (primary N) is 1. The number of nitrogens with one attached hydrogen (secondary N) is 1. The minimum atomic E-state index is -4.24. The van der Waals surface area contributed by atoms with E-state index in [1.54, 1.807) is 0 Å². The second kappa shape index (κ2) is 6.78. The molecule has 9 heteroatoms. The second-order valence-corrected chi connectivity index (χ2v) is 6.66. The zero-order chi connectivity index (χ0) is 18.2. The number of fused-ring (bicyclic) bond motifs is 2. The third-order valence-electron chi connectivity index (χ3n) is 5.02. The van der Waals surface area contributed by atoms with Gasteiger partial charge >= 0.3 is 12.3 Å². The topological polar surface area (TPSA) is 77.2 Å². The summed E-state index contributed by atoms with van der Waals surface area (Å²) >= 11 is 0. The van der Waals surface area contributed by atoms with Crippen LogP contribution in [0.15, 0.2) is 18.3 Å². The lowest BCUT2D eigenvalue weighted by Crippen LogP contribution is -2.42. The van der Waals surface area contributed by atoms with Crippen LogP contribution < -0.4 is 15.8 Å². The van der Waals surface area contributed by atoms with Gasteiger partial charge in [-0.1, -0.05) is 0 Å². The number of carbonyl (C=O) groups is 1. The van der Waals surface area contributed by atoms with E-state index >= 15 is 0 Å². The van der Waals surface area contributed by atoms with Gasteiger partial charge in [-0.25, -0.2) is 13.8 Å². The molecule has 4 atom stereocenters. The van der Waals surface area contributed by atoms with Crippen LogP contribution in [-0.2, 0) is 4.79 Å². The molecule has 0 aliphatic heterocycles. The third kappa shape index (κ3) is 3.70. The Morgan fingerprint density at radius 2 is 2.08 bits per heavy atom. The quantitative estimate of drug-likeness (QED) is 0.764. The van der Waals surface area contributed by atoms with Gasteiger partial charge in [0.15, 0.2) is 6.61 Å². The smallest absolute Gasteiger partial charge is 0.340 e. The van der Waals surface area contributed by atoms with Crippen molar-refractivity contribution in [2.45, 2.75) is 37.7 Å². The number of rotatable bonds is 6. The normalized spacial score (nSPS) is 28.4. The van der Waals surface area contributed by atoms with Crippen LogP contribution >= 0.6 is 0 Å². The van der Waals surface area contributed by atoms with E-state index in [-0.39, 0.29) is 23.7 Å². The summed E-state index contributed by atoms with van der Waals surface area (Å²) in [7, 11) is 0. The number of alkyl halides is 4. The lowest BCUT2D eigenvalue weighted by molar-refractivity contribution is -0.148. The number of amides is 1. The van der Waals surface area contributed by atoms with Crippen LogP contribution in [0.4, 0.5) is 23.2 Å². The fourth-order valence-corrected chi connectivity index (χ4v) is 3.72. The van der Waals surface area contributed by atoms with Crippen LogP contribution in [0.3, 0.4) is 0 Å². The van der Waals surface area contributed by atoms with Gasteiger partial charge in [0.2, 0.25) is 11.8 Å². The number of carbonyl (C=O) groups excluding carboxylic acids is 1. The van der Waals surface area contributed by atoms with E-state index in [0.717, 1.165) is 19.3 Å². The highest BCUT2D eigenvalue weighted by Gasteiger charge is 2.49.